The zero-order chi connectivity index (χ0) is 8.10. The van der Waals surface area contributed by atoms with E-state index in [1.807, 2.05) is 0 Å². The molecule has 1 unspecified atom stereocenters. The molecule has 1 heterocycles. The maximum Gasteiger partial charge on any atom is 0.0507 e. The van der Waals surface area contributed by atoms with E-state index in [9.17, 15) is 0 Å². The Morgan fingerprint density at radius 1 is 1.55 bits per heavy atom. The molecule has 0 amide bonds. The molecule has 1 rings (SSSR count). The molecule has 11 heavy (non-hydrogen) atoms. The highest BCUT2D eigenvalue weighted by Crippen LogP contribution is 2.12. The van der Waals surface area contributed by atoms with E-state index in [1.54, 1.807) is 0 Å². The summed E-state index contributed by atoms with van der Waals surface area (Å²) in [5, 5.41) is 0. The molecule has 0 bridgehead atoms. The van der Waals surface area contributed by atoms with Crippen molar-refractivity contribution in [3.05, 3.63) is 0 Å². The standard InChI is InChI=1S/C9H19NO/c1-3-5-10(2)7-9-4-6-11-8-9/h9H,3-8H2,1-2H3. The molecule has 0 N–H and O–H groups in total. The second-order valence-corrected chi connectivity index (χ2v) is 3.49. The molecule has 66 valence electrons. The van der Waals surface area contributed by atoms with Crippen LogP contribution in [0.2, 0.25) is 0 Å². The Bertz CT molecular complexity index is 99.7. The molecular weight excluding hydrogens is 138 g/mol. The molecule has 1 fully saturated rings. The number of hydrogen-bond acceptors (Lipinski definition) is 2. The molecule has 1 saturated heterocycles. The largest absolute Gasteiger partial charge is 0.381 e. The lowest BCUT2D eigenvalue weighted by Crippen LogP contribution is -2.26. The van der Waals surface area contributed by atoms with Gasteiger partial charge >= 0.3 is 0 Å². The summed E-state index contributed by atoms with van der Waals surface area (Å²) in [6.45, 7) is 6.62. The van der Waals surface area contributed by atoms with Crippen LogP contribution in [0.3, 0.4) is 0 Å². The first-order valence-electron chi connectivity index (χ1n) is 4.59. The molecule has 0 spiro atoms. The molecular formula is C9H19NO. The predicted octanol–water partition coefficient (Wildman–Crippen LogP) is 1.36. The Morgan fingerprint density at radius 2 is 2.36 bits per heavy atom. The van der Waals surface area contributed by atoms with E-state index in [0.29, 0.717) is 0 Å². The van der Waals surface area contributed by atoms with E-state index in [0.717, 1.165) is 19.1 Å². The van der Waals surface area contributed by atoms with Crippen molar-refractivity contribution in [2.45, 2.75) is 19.8 Å². The van der Waals surface area contributed by atoms with E-state index in [1.165, 1.54) is 25.9 Å². The average Bonchev–Trinajstić information content (AvgIpc) is 2.40. The molecule has 0 aromatic rings. The van der Waals surface area contributed by atoms with Crippen LogP contribution < -0.4 is 0 Å². The lowest BCUT2D eigenvalue weighted by Gasteiger charge is -2.18. The van der Waals surface area contributed by atoms with E-state index < -0.39 is 0 Å². The first-order valence-corrected chi connectivity index (χ1v) is 4.59. The Labute approximate surface area is 69.5 Å². The lowest BCUT2D eigenvalue weighted by molar-refractivity contribution is 0.174. The van der Waals surface area contributed by atoms with Gasteiger partial charge in [0.2, 0.25) is 0 Å². The van der Waals surface area contributed by atoms with Gasteiger partial charge in [-0.2, -0.15) is 0 Å². The topological polar surface area (TPSA) is 12.5 Å². The van der Waals surface area contributed by atoms with Gasteiger partial charge in [-0.05, 0) is 32.4 Å². The Hall–Kier alpha value is -0.0800. The van der Waals surface area contributed by atoms with E-state index in [4.69, 9.17) is 4.74 Å². The Balaban J connectivity index is 2.08. The fraction of sp³-hybridized carbons (Fsp3) is 1.00. The highest BCUT2D eigenvalue weighted by Gasteiger charge is 2.16. The third-order valence-corrected chi connectivity index (χ3v) is 2.20. The normalized spacial score (nSPS) is 24.8. The van der Waals surface area contributed by atoms with Crippen molar-refractivity contribution < 1.29 is 4.74 Å². The quantitative estimate of drug-likeness (QED) is 0.611. The molecule has 1 atom stereocenters. The van der Waals surface area contributed by atoms with Crippen LogP contribution in [0.1, 0.15) is 19.8 Å². The maximum atomic E-state index is 5.31. The van der Waals surface area contributed by atoms with Gasteiger partial charge in [0.1, 0.15) is 0 Å². The van der Waals surface area contributed by atoms with Crippen LogP contribution in [0.4, 0.5) is 0 Å². The van der Waals surface area contributed by atoms with Gasteiger partial charge in [0.05, 0.1) is 6.61 Å². The number of rotatable bonds is 4. The molecule has 1 aliphatic rings. The number of nitrogens with zero attached hydrogens (tertiary/aromatic N) is 1. The summed E-state index contributed by atoms with van der Waals surface area (Å²) >= 11 is 0. The maximum absolute atomic E-state index is 5.31. The molecule has 2 nitrogen and oxygen atoms in total. The molecule has 0 aliphatic carbocycles. The van der Waals surface area contributed by atoms with Crippen LogP contribution in [0, 0.1) is 5.92 Å². The first kappa shape index (κ1) is 9.01. The molecule has 0 radical (unpaired) electrons. The van der Waals surface area contributed by atoms with Crippen LogP contribution in [0.15, 0.2) is 0 Å². The van der Waals surface area contributed by atoms with Crippen molar-refractivity contribution in [3.63, 3.8) is 0 Å². The SMILES string of the molecule is CCCN(C)CC1CCOC1. The van der Waals surface area contributed by atoms with Gasteiger partial charge in [0, 0.05) is 13.2 Å². The smallest absolute Gasteiger partial charge is 0.0507 e. The van der Waals surface area contributed by atoms with E-state index in [2.05, 4.69) is 18.9 Å². The summed E-state index contributed by atoms with van der Waals surface area (Å²) < 4.78 is 5.31. The van der Waals surface area contributed by atoms with Crippen molar-refractivity contribution in [1.82, 2.24) is 4.90 Å². The summed E-state index contributed by atoms with van der Waals surface area (Å²) in [5.74, 6) is 0.798. The first-order chi connectivity index (χ1) is 5.33. The number of ether oxygens (including phenoxy) is 1. The lowest BCUT2D eigenvalue weighted by atomic mass is 10.1. The molecule has 0 saturated carbocycles. The van der Waals surface area contributed by atoms with Gasteiger partial charge in [-0.1, -0.05) is 6.92 Å². The van der Waals surface area contributed by atoms with E-state index >= 15 is 0 Å². The minimum absolute atomic E-state index is 0.798. The Morgan fingerprint density at radius 3 is 2.91 bits per heavy atom. The van der Waals surface area contributed by atoms with Crippen LogP contribution in [-0.2, 0) is 4.74 Å². The summed E-state index contributed by atoms with van der Waals surface area (Å²) in [6.07, 6.45) is 2.51. The summed E-state index contributed by atoms with van der Waals surface area (Å²) in [6, 6.07) is 0. The minimum atomic E-state index is 0.798. The third kappa shape index (κ3) is 3.21. The highest BCUT2D eigenvalue weighted by molar-refractivity contribution is 4.67. The summed E-state index contributed by atoms with van der Waals surface area (Å²) in [7, 11) is 2.20. The van der Waals surface area contributed by atoms with Crippen molar-refractivity contribution in [3.8, 4) is 0 Å². The monoisotopic (exact) mass is 157 g/mol. The fourth-order valence-corrected chi connectivity index (χ4v) is 1.64. The average molecular weight is 157 g/mol. The number of hydrogen-bond donors (Lipinski definition) is 0. The summed E-state index contributed by atoms with van der Waals surface area (Å²) in [5.41, 5.74) is 0. The van der Waals surface area contributed by atoms with Gasteiger partial charge in [-0.3, -0.25) is 0 Å². The van der Waals surface area contributed by atoms with Crippen LogP contribution in [0.5, 0.6) is 0 Å². The fourth-order valence-electron chi connectivity index (χ4n) is 1.64. The van der Waals surface area contributed by atoms with Gasteiger partial charge in [-0.25, -0.2) is 0 Å². The highest BCUT2D eigenvalue weighted by atomic mass is 16.5. The van der Waals surface area contributed by atoms with Gasteiger partial charge < -0.3 is 9.64 Å². The van der Waals surface area contributed by atoms with Crippen LogP contribution in [-0.4, -0.2) is 38.3 Å². The van der Waals surface area contributed by atoms with Crippen molar-refractivity contribution in [2.24, 2.45) is 5.92 Å². The molecule has 1 aliphatic heterocycles. The van der Waals surface area contributed by atoms with Gasteiger partial charge in [0.25, 0.3) is 0 Å². The summed E-state index contributed by atoms with van der Waals surface area (Å²) in [4.78, 5) is 2.40. The van der Waals surface area contributed by atoms with Crippen LogP contribution in [0.25, 0.3) is 0 Å². The van der Waals surface area contributed by atoms with Gasteiger partial charge in [-0.15, -0.1) is 0 Å². The van der Waals surface area contributed by atoms with Gasteiger partial charge in [0.15, 0.2) is 0 Å². The third-order valence-electron chi connectivity index (χ3n) is 2.20. The minimum Gasteiger partial charge on any atom is -0.381 e. The van der Waals surface area contributed by atoms with E-state index in [-0.39, 0.29) is 0 Å². The zero-order valence-corrected chi connectivity index (χ0v) is 7.68. The van der Waals surface area contributed by atoms with Crippen molar-refractivity contribution >= 4 is 0 Å². The van der Waals surface area contributed by atoms with Crippen molar-refractivity contribution in [2.75, 3.05) is 33.4 Å². The molecule has 2 heteroatoms. The zero-order valence-electron chi connectivity index (χ0n) is 7.68. The second-order valence-electron chi connectivity index (χ2n) is 3.49. The predicted molar refractivity (Wildman–Crippen MR) is 46.7 cm³/mol. The van der Waals surface area contributed by atoms with Crippen molar-refractivity contribution in [1.29, 1.82) is 0 Å². The molecule has 0 aromatic heterocycles. The van der Waals surface area contributed by atoms with Crippen LogP contribution >= 0.6 is 0 Å². The molecule has 0 aromatic carbocycles. The second kappa shape index (κ2) is 4.73. The Kier molecular flexibility index (Phi) is 3.87.